The lowest BCUT2D eigenvalue weighted by Crippen LogP contribution is -2.48. The highest BCUT2D eigenvalue weighted by Gasteiger charge is 2.23. The van der Waals surface area contributed by atoms with Crippen LogP contribution in [0.5, 0.6) is 0 Å². The van der Waals surface area contributed by atoms with Gasteiger partial charge in [0, 0.05) is 43.6 Å². The van der Waals surface area contributed by atoms with Gasteiger partial charge in [-0.1, -0.05) is 23.2 Å². The standard InChI is InChI=1S/C16H15Cl2N3O/c17-13-3-4-14(18)15(10-13)20-6-8-21(9-7-20)16(22)12-2-1-5-19-11-12/h1-5,10-11H,6-9H2. The molecule has 1 aliphatic rings. The van der Waals surface area contributed by atoms with Crippen LogP contribution >= 0.6 is 23.2 Å². The van der Waals surface area contributed by atoms with Crippen LogP contribution in [0.1, 0.15) is 10.4 Å². The van der Waals surface area contributed by atoms with Crippen LogP contribution in [-0.2, 0) is 0 Å². The van der Waals surface area contributed by atoms with E-state index < -0.39 is 0 Å². The molecule has 1 aliphatic heterocycles. The number of nitrogens with zero attached hydrogens (tertiary/aromatic N) is 3. The number of halogens is 2. The van der Waals surface area contributed by atoms with Crippen molar-refractivity contribution >= 4 is 34.8 Å². The highest BCUT2D eigenvalue weighted by atomic mass is 35.5. The van der Waals surface area contributed by atoms with E-state index >= 15 is 0 Å². The van der Waals surface area contributed by atoms with Gasteiger partial charge in [-0.15, -0.1) is 0 Å². The van der Waals surface area contributed by atoms with Gasteiger partial charge in [-0.2, -0.15) is 0 Å². The molecule has 0 aliphatic carbocycles. The number of benzene rings is 1. The van der Waals surface area contributed by atoms with Crippen molar-refractivity contribution in [2.24, 2.45) is 0 Å². The summed E-state index contributed by atoms with van der Waals surface area (Å²) in [6.45, 7) is 2.76. The van der Waals surface area contributed by atoms with E-state index in [0.717, 1.165) is 18.8 Å². The van der Waals surface area contributed by atoms with E-state index in [1.54, 1.807) is 36.7 Å². The molecule has 0 bridgehead atoms. The zero-order chi connectivity index (χ0) is 15.5. The Morgan fingerprint density at radius 2 is 1.86 bits per heavy atom. The van der Waals surface area contributed by atoms with Crippen LogP contribution in [0.3, 0.4) is 0 Å². The summed E-state index contributed by atoms with van der Waals surface area (Å²) in [5, 5.41) is 1.34. The highest BCUT2D eigenvalue weighted by Crippen LogP contribution is 2.29. The average molecular weight is 336 g/mol. The maximum Gasteiger partial charge on any atom is 0.255 e. The number of rotatable bonds is 2. The Morgan fingerprint density at radius 1 is 1.09 bits per heavy atom. The summed E-state index contributed by atoms with van der Waals surface area (Å²) in [5.41, 5.74) is 1.54. The first-order valence-corrected chi connectivity index (χ1v) is 7.80. The normalized spacial score (nSPS) is 15.0. The summed E-state index contributed by atoms with van der Waals surface area (Å²) in [4.78, 5) is 20.4. The van der Waals surface area contributed by atoms with Crippen molar-refractivity contribution < 1.29 is 4.79 Å². The van der Waals surface area contributed by atoms with Gasteiger partial charge in [0.05, 0.1) is 16.3 Å². The van der Waals surface area contributed by atoms with Gasteiger partial charge in [0.2, 0.25) is 0 Å². The van der Waals surface area contributed by atoms with Crippen LogP contribution in [0, 0.1) is 0 Å². The molecular formula is C16H15Cl2N3O. The Balaban J connectivity index is 1.68. The van der Waals surface area contributed by atoms with Crippen molar-refractivity contribution in [1.29, 1.82) is 0 Å². The number of aromatic nitrogens is 1. The number of hydrogen-bond donors (Lipinski definition) is 0. The molecule has 1 amide bonds. The lowest BCUT2D eigenvalue weighted by molar-refractivity contribution is 0.0746. The first kappa shape index (κ1) is 15.1. The van der Waals surface area contributed by atoms with Crippen molar-refractivity contribution in [2.45, 2.75) is 0 Å². The number of carbonyl (C=O) groups is 1. The molecule has 1 aromatic heterocycles. The number of carbonyl (C=O) groups excluding carboxylic acids is 1. The van der Waals surface area contributed by atoms with Crippen molar-refractivity contribution in [2.75, 3.05) is 31.1 Å². The Kier molecular flexibility index (Phi) is 4.50. The first-order chi connectivity index (χ1) is 10.6. The van der Waals surface area contributed by atoms with Gasteiger partial charge in [0.15, 0.2) is 0 Å². The van der Waals surface area contributed by atoms with Crippen LogP contribution in [0.2, 0.25) is 10.0 Å². The third-order valence-corrected chi connectivity index (χ3v) is 4.28. The summed E-state index contributed by atoms with van der Waals surface area (Å²) < 4.78 is 0. The zero-order valence-electron chi connectivity index (χ0n) is 11.9. The fourth-order valence-corrected chi connectivity index (χ4v) is 2.95. The van der Waals surface area contributed by atoms with Crippen LogP contribution in [-0.4, -0.2) is 42.0 Å². The molecule has 22 heavy (non-hydrogen) atoms. The van der Waals surface area contributed by atoms with Gasteiger partial charge >= 0.3 is 0 Å². The monoisotopic (exact) mass is 335 g/mol. The Hall–Kier alpha value is -1.78. The van der Waals surface area contributed by atoms with Gasteiger partial charge < -0.3 is 9.80 Å². The molecule has 0 spiro atoms. The van der Waals surface area contributed by atoms with Gasteiger partial charge in [-0.05, 0) is 30.3 Å². The lowest BCUT2D eigenvalue weighted by atomic mass is 10.2. The molecule has 1 aromatic carbocycles. The molecule has 6 heteroatoms. The molecule has 1 saturated heterocycles. The smallest absolute Gasteiger partial charge is 0.255 e. The summed E-state index contributed by atoms with van der Waals surface area (Å²) in [6.07, 6.45) is 3.26. The second kappa shape index (κ2) is 6.55. The van der Waals surface area contributed by atoms with Crippen LogP contribution in [0.25, 0.3) is 0 Å². The first-order valence-electron chi connectivity index (χ1n) is 7.04. The van der Waals surface area contributed by atoms with Crippen LogP contribution < -0.4 is 4.90 Å². The SMILES string of the molecule is O=C(c1cccnc1)N1CCN(c2cc(Cl)ccc2Cl)CC1. The van der Waals surface area contributed by atoms with Gasteiger partial charge in [-0.25, -0.2) is 0 Å². The lowest BCUT2D eigenvalue weighted by Gasteiger charge is -2.36. The third-order valence-electron chi connectivity index (χ3n) is 3.72. The molecule has 0 unspecified atom stereocenters. The number of piperazine rings is 1. The molecule has 2 heterocycles. The minimum atomic E-state index is 0.0185. The summed E-state index contributed by atoms with van der Waals surface area (Å²) in [6, 6.07) is 9.00. The van der Waals surface area contributed by atoms with Crippen molar-refractivity contribution in [3.8, 4) is 0 Å². The predicted octanol–water partition coefficient (Wildman–Crippen LogP) is 3.35. The zero-order valence-corrected chi connectivity index (χ0v) is 13.4. The number of anilines is 1. The molecule has 0 N–H and O–H groups in total. The fourth-order valence-electron chi connectivity index (χ4n) is 2.55. The van der Waals surface area contributed by atoms with Crippen molar-refractivity contribution in [3.63, 3.8) is 0 Å². The Labute approximate surface area is 139 Å². The van der Waals surface area contributed by atoms with E-state index in [9.17, 15) is 4.79 Å². The van der Waals surface area contributed by atoms with Crippen LogP contribution in [0.4, 0.5) is 5.69 Å². The topological polar surface area (TPSA) is 36.4 Å². The number of pyridine rings is 1. The predicted molar refractivity (Wildman–Crippen MR) is 88.8 cm³/mol. The minimum absolute atomic E-state index is 0.0185. The second-order valence-corrected chi connectivity index (χ2v) is 5.96. The molecule has 2 aromatic rings. The summed E-state index contributed by atoms with van der Waals surface area (Å²) in [7, 11) is 0. The van der Waals surface area contributed by atoms with Gasteiger partial charge in [0.25, 0.3) is 5.91 Å². The highest BCUT2D eigenvalue weighted by molar-refractivity contribution is 6.35. The maximum absolute atomic E-state index is 12.4. The van der Waals surface area contributed by atoms with Crippen LogP contribution in [0.15, 0.2) is 42.7 Å². The molecule has 0 saturated carbocycles. The fraction of sp³-hybridized carbons (Fsp3) is 0.250. The Bertz CT molecular complexity index is 670. The molecular weight excluding hydrogens is 321 g/mol. The van der Waals surface area contributed by atoms with E-state index in [1.807, 2.05) is 11.0 Å². The average Bonchev–Trinajstić information content (AvgIpc) is 2.57. The molecule has 0 atom stereocenters. The summed E-state index contributed by atoms with van der Waals surface area (Å²) >= 11 is 12.3. The molecule has 114 valence electrons. The summed E-state index contributed by atoms with van der Waals surface area (Å²) in [5.74, 6) is 0.0185. The Morgan fingerprint density at radius 3 is 2.55 bits per heavy atom. The van der Waals surface area contributed by atoms with Crippen molar-refractivity contribution in [1.82, 2.24) is 9.88 Å². The van der Waals surface area contributed by atoms with E-state index in [1.165, 1.54) is 0 Å². The molecule has 4 nitrogen and oxygen atoms in total. The van der Waals surface area contributed by atoms with Gasteiger partial charge in [0.1, 0.15) is 0 Å². The maximum atomic E-state index is 12.4. The molecule has 3 rings (SSSR count). The number of hydrogen-bond acceptors (Lipinski definition) is 3. The van der Waals surface area contributed by atoms with E-state index in [0.29, 0.717) is 28.7 Å². The van der Waals surface area contributed by atoms with E-state index in [2.05, 4.69) is 9.88 Å². The third kappa shape index (κ3) is 3.18. The minimum Gasteiger partial charge on any atom is -0.367 e. The number of amides is 1. The molecule has 1 fully saturated rings. The largest absolute Gasteiger partial charge is 0.367 e. The van der Waals surface area contributed by atoms with Crippen molar-refractivity contribution in [3.05, 3.63) is 58.3 Å². The molecule has 0 radical (unpaired) electrons. The quantitative estimate of drug-likeness (QED) is 0.844. The van der Waals surface area contributed by atoms with Gasteiger partial charge in [-0.3, -0.25) is 9.78 Å². The second-order valence-electron chi connectivity index (χ2n) is 5.12. The van der Waals surface area contributed by atoms with E-state index in [4.69, 9.17) is 23.2 Å². The van der Waals surface area contributed by atoms with E-state index in [-0.39, 0.29) is 5.91 Å².